The van der Waals surface area contributed by atoms with Crippen LogP contribution in [-0.4, -0.2) is 343 Å². The minimum absolute atomic E-state index is 0. The number of ether oxygens (including phenoxy) is 6. The van der Waals surface area contributed by atoms with Gasteiger partial charge >= 0.3 is 53.8 Å². The third kappa shape index (κ3) is 58.0. The van der Waals surface area contributed by atoms with E-state index in [0.717, 1.165) is 115 Å². The van der Waals surface area contributed by atoms with Crippen molar-refractivity contribution in [2.24, 2.45) is 5.73 Å². The van der Waals surface area contributed by atoms with E-state index in [0.29, 0.717) is 91.5 Å². The summed E-state index contributed by atoms with van der Waals surface area (Å²) in [6, 6.07) is 0. The average molecular weight is 1580 g/mol. The molecule has 3 amide bonds. The largest absolute Gasteiger partial charge is 0.480 e. The van der Waals surface area contributed by atoms with Gasteiger partial charge in [0.05, 0.1) is 39.3 Å². The van der Waals surface area contributed by atoms with Crippen LogP contribution in [0, 0.1) is 0 Å². The zero-order chi connectivity index (χ0) is 78.0. The lowest BCUT2D eigenvalue weighted by atomic mass is 10.2. The average Bonchev–Trinajstić information content (AvgIpc) is 1.77. The first-order valence-corrected chi connectivity index (χ1v) is 37.0. The number of imide groups is 1. The number of carbonyl (C=O) groups excluding carboxylic acids is 9. The van der Waals surface area contributed by atoms with Gasteiger partial charge in [0.1, 0.15) is 28.0 Å². The van der Waals surface area contributed by atoms with E-state index in [1.807, 2.05) is 114 Å². The molecule has 6 N–H and O–H groups in total. The predicted octanol–water partition coefficient (Wildman–Crippen LogP) is 5.21. The molecule has 0 aromatic carbocycles. The summed E-state index contributed by atoms with van der Waals surface area (Å²) in [6.07, 6.45) is 9.96. The molecule has 0 aliphatic carbocycles. The minimum atomic E-state index is -0.899. The van der Waals surface area contributed by atoms with E-state index >= 15 is 0 Å². The van der Waals surface area contributed by atoms with E-state index in [2.05, 4.69) is 60.7 Å². The summed E-state index contributed by atoms with van der Waals surface area (Å²) in [5, 5.41) is 25.1. The number of amides is 3. The second-order valence-electron chi connectivity index (χ2n) is 30.5. The van der Waals surface area contributed by atoms with Gasteiger partial charge in [-0.3, -0.25) is 72.7 Å². The van der Waals surface area contributed by atoms with Crippen molar-refractivity contribution in [2.75, 3.05) is 195 Å². The number of nitrogens with one attached hydrogen (secondary N) is 2. The summed E-state index contributed by atoms with van der Waals surface area (Å²) in [5.41, 5.74) is 3.30. The quantitative estimate of drug-likeness (QED) is 0.0196. The smallest absolute Gasteiger partial charge is 0.407 e. The lowest BCUT2D eigenvalue weighted by Crippen LogP contribution is -2.42. The fourth-order valence-electron chi connectivity index (χ4n) is 10.2. The Labute approximate surface area is 642 Å². The summed E-state index contributed by atoms with van der Waals surface area (Å²) in [4.78, 5) is 143. The number of alkyl halides is 1. The van der Waals surface area contributed by atoms with Gasteiger partial charge in [0.2, 0.25) is 0 Å². The monoisotopic (exact) mass is 1580 g/mol. The van der Waals surface area contributed by atoms with Gasteiger partial charge in [0.25, 0.3) is 11.8 Å². The summed E-state index contributed by atoms with van der Waals surface area (Å²) in [7, 11) is 0. The number of carboxylic acids is 2. The lowest BCUT2D eigenvalue weighted by Gasteiger charge is -2.27. The van der Waals surface area contributed by atoms with Crippen LogP contribution in [0.25, 0.3) is 0 Å². The van der Waals surface area contributed by atoms with Crippen molar-refractivity contribution < 1.29 is 91.4 Å². The summed E-state index contributed by atoms with van der Waals surface area (Å²) in [5.74, 6) is -4.37. The molecule has 0 radical (unpaired) electrons. The molecule has 616 valence electrons. The Morgan fingerprint density at radius 3 is 0.972 bits per heavy atom. The van der Waals surface area contributed by atoms with Crippen molar-refractivity contribution in [3.8, 4) is 0 Å². The van der Waals surface area contributed by atoms with E-state index in [4.69, 9.17) is 39.6 Å². The van der Waals surface area contributed by atoms with E-state index in [-0.39, 0.29) is 103 Å². The van der Waals surface area contributed by atoms with Gasteiger partial charge in [-0.1, -0.05) is 38.2 Å². The normalized spacial score (nSPS) is 17.5. The van der Waals surface area contributed by atoms with Crippen molar-refractivity contribution in [1.29, 1.82) is 0 Å². The summed E-state index contributed by atoms with van der Waals surface area (Å²) in [6.45, 7) is 45.4. The van der Waals surface area contributed by atoms with Crippen LogP contribution in [0.3, 0.4) is 0 Å². The molecule has 106 heavy (non-hydrogen) atoms. The third-order valence-corrected chi connectivity index (χ3v) is 15.4. The maximum absolute atomic E-state index is 12.3. The Hall–Kier alpha value is -6.07. The van der Waals surface area contributed by atoms with E-state index in [1.54, 1.807) is 0 Å². The van der Waals surface area contributed by atoms with Crippen LogP contribution in [-0.2, 0) is 76.4 Å². The number of unbranched alkanes of at least 4 members (excludes halogenated alkanes) is 3. The summed E-state index contributed by atoms with van der Waals surface area (Å²) >= 11 is 3.32. The Bertz CT molecular complexity index is 2530. The molecule has 0 aromatic heterocycles. The van der Waals surface area contributed by atoms with Gasteiger partial charge in [0, 0.05) is 161 Å². The SMILES string of the molecule is C.C.C.CC(C)(C)OC(=O)CN1CCN(CCCCN)CCN(CC(=O)OC(C)(C)C)CC1.CC(C)(C)OC(=O)CN1CCNCCN(CC(=O)OC(C)(C)C)CC1.CC(C)(C)OC(=O)NCCCCBr.O=C(O)CN1CCN(CCCCN2C(=O)C=CC2=O)CCN(CC(=O)O)CC1.O=C1C=CC(=O)O1. The number of carbonyl (C=O) groups is 11. The Morgan fingerprint density at radius 2 is 0.698 bits per heavy atom. The Kier molecular flexibility index (Phi) is 53.5. The number of esters is 6. The molecule has 0 aromatic rings. The van der Waals surface area contributed by atoms with Crippen molar-refractivity contribution in [2.45, 2.75) is 193 Å². The Balaban J connectivity index is -0.00000131. The number of halogens is 1. The molecule has 32 heteroatoms. The topological polar surface area (TPSA) is 363 Å². The van der Waals surface area contributed by atoms with E-state index < -0.39 is 51.9 Å². The van der Waals surface area contributed by atoms with Crippen molar-refractivity contribution in [3.63, 3.8) is 0 Å². The van der Waals surface area contributed by atoms with Gasteiger partial charge in [-0.15, -0.1) is 0 Å². The highest BCUT2D eigenvalue weighted by molar-refractivity contribution is 9.09. The molecule has 0 spiro atoms. The molecule has 0 saturated carbocycles. The number of hydrogen-bond acceptors (Lipinski definition) is 27. The number of alkyl carbamates (subject to hydrolysis) is 1. The number of nitrogens with two attached hydrogens (primary N) is 1. The highest BCUT2D eigenvalue weighted by Gasteiger charge is 2.28. The first kappa shape index (κ1) is 104. The maximum atomic E-state index is 12.3. The van der Waals surface area contributed by atoms with Gasteiger partial charge in [-0.25, -0.2) is 14.4 Å². The molecule has 0 atom stereocenters. The third-order valence-electron chi connectivity index (χ3n) is 14.9. The molecule has 5 aliphatic rings. The maximum Gasteiger partial charge on any atom is 0.407 e. The van der Waals surface area contributed by atoms with Gasteiger partial charge in [-0.05, 0) is 162 Å². The highest BCUT2D eigenvalue weighted by atomic mass is 79.9. The fraction of sp³-hybridized carbons (Fsp3) is 0.797. The Morgan fingerprint density at radius 1 is 0.415 bits per heavy atom. The first-order chi connectivity index (χ1) is 47.9. The molecular formula is C74H139BrN12O19. The molecule has 5 rings (SSSR count). The zero-order valence-corrected chi connectivity index (χ0v) is 66.2. The van der Waals surface area contributed by atoms with Crippen LogP contribution >= 0.6 is 15.9 Å². The number of aliphatic carboxylic acids is 2. The van der Waals surface area contributed by atoms with Crippen molar-refractivity contribution >= 4 is 81.6 Å². The first-order valence-electron chi connectivity index (χ1n) is 35.9. The van der Waals surface area contributed by atoms with Gasteiger partial charge in [0.15, 0.2) is 0 Å². The predicted molar refractivity (Wildman–Crippen MR) is 414 cm³/mol. The van der Waals surface area contributed by atoms with Crippen LogP contribution in [0.2, 0.25) is 0 Å². The number of carboxylic acid groups (broad SMARTS) is 2. The molecule has 3 fully saturated rings. The zero-order valence-electron chi connectivity index (χ0n) is 64.6. The fourth-order valence-corrected chi connectivity index (χ4v) is 10.6. The molecule has 5 aliphatic heterocycles. The van der Waals surface area contributed by atoms with Crippen LogP contribution in [0.4, 0.5) is 4.79 Å². The summed E-state index contributed by atoms with van der Waals surface area (Å²) < 4.78 is 30.8. The second-order valence-corrected chi connectivity index (χ2v) is 31.3. The molecule has 0 bridgehead atoms. The molecule has 3 saturated heterocycles. The molecule has 5 heterocycles. The van der Waals surface area contributed by atoms with Crippen LogP contribution < -0.4 is 16.4 Å². The number of nitrogens with zero attached hydrogens (tertiary/aromatic N) is 9. The molecular weight excluding hydrogens is 1440 g/mol. The lowest BCUT2D eigenvalue weighted by molar-refractivity contribution is -0.158. The van der Waals surface area contributed by atoms with Gasteiger partial charge in [-0.2, -0.15) is 0 Å². The van der Waals surface area contributed by atoms with Gasteiger partial charge < -0.3 is 64.8 Å². The number of hydrogen-bond donors (Lipinski definition) is 5. The van der Waals surface area contributed by atoms with Crippen molar-refractivity contribution in [1.82, 2.24) is 54.7 Å². The minimum Gasteiger partial charge on any atom is -0.480 e. The van der Waals surface area contributed by atoms with Crippen LogP contribution in [0.5, 0.6) is 0 Å². The van der Waals surface area contributed by atoms with Crippen LogP contribution in [0.1, 0.15) is 165 Å². The second kappa shape index (κ2) is 54.5. The standard InChI is InChI=1S/C22H44N4O4.C18H28N4O6.C18H35N3O4.C9H18BrNO2.C4H2O3.3CH4/c1-21(2,3)29-19(27)17-25-13-11-24(10-8-7-9-23)12-14-26(16-15-25)18-20(28)30-22(4,5)6;23-15-3-4-16(24)22(15)6-2-1-5-19-7-9-20(13-17(25)26)11-12-21(10-8-19)14-18(27)28;1-17(2,3)24-15(22)13-20-9-7-19-8-10-21(12-11-20)14-16(23)25-18(4,5)6;1-9(2,3)13-8(12)11-7-5-4-6-10;5-3-1-2-4(6)7-3;;;/h7-18,23H2,1-6H3;3-4H,1-2,5-14H2,(H,25,26)(H,27,28);19H,7-14H2,1-6H3;4-7H2,1-3H3,(H,11,12);1-2H;3*1H4. The number of rotatable bonds is 25. The van der Waals surface area contributed by atoms with E-state index in [9.17, 15) is 52.7 Å². The van der Waals surface area contributed by atoms with Crippen molar-refractivity contribution in [3.05, 3.63) is 24.3 Å². The number of cyclic esters (lactones) is 2. The highest BCUT2D eigenvalue weighted by Crippen LogP contribution is 2.14. The molecule has 31 nitrogen and oxygen atoms in total. The van der Waals surface area contributed by atoms with E-state index in [1.165, 1.54) is 17.1 Å². The van der Waals surface area contributed by atoms with Crippen LogP contribution in [0.15, 0.2) is 24.3 Å². The molecule has 0 unspecified atom stereocenters.